The van der Waals surface area contributed by atoms with Crippen LogP contribution in [0.3, 0.4) is 0 Å². The number of carbonyl (C=O) groups excluding carboxylic acids is 2. The first-order valence-electron chi connectivity index (χ1n) is 8.37. The summed E-state index contributed by atoms with van der Waals surface area (Å²) >= 11 is 5.95. The summed E-state index contributed by atoms with van der Waals surface area (Å²) in [7, 11) is 0. The van der Waals surface area contributed by atoms with Gasteiger partial charge in [-0.2, -0.15) is 0 Å². The summed E-state index contributed by atoms with van der Waals surface area (Å²) < 4.78 is 19.1. The lowest BCUT2D eigenvalue weighted by Crippen LogP contribution is -2.42. The highest BCUT2D eigenvalue weighted by Gasteiger charge is 2.23. The lowest BCUT2D eigenvalue weighted by atomic mass is 10.0. The normalized spacial score (nSPS) is 12.0. The summed E-state index contributed by atoms with van der Waals surface area (Å²) in [5.74, 6) is -1.57. The maximum Gasteiger partial charge on any atom is 0.329 e. The first-order chi connectivity index (χ1) is 13.0. The Morgan fingerprint density at radius 1 is 1.22 bits per heavy atom. The van der Waals surface area contributed by atoms with Gasteiger partial charge in [-0.15, -0.1) is 0 Å². The van der Waals surface area contributed by atoms with Crippen molar-refractivity contribution < 1.29 is 18.7 Å². The average Bonchev–Trinajstić information content (AvgIpc) is 3.03. The van der Waals surface area contributed by atoms with Crippen LogP contribution < -0.4 is 5.32 Å². The summed E-state index contributed by atoms with van der Waals surface area (Å²) in [4.78, 5) is 27.2. The van der Waals surface area contributed by atoms with Gasteiger partial charge in [0.2, 0.25) is 5.91 Å². The molecule has 2 N–H and O–H groups in total. The van der Waals surface area contributed by atoms with Gasteiger partial charge in [0.15, 0.2) is 0 Å². The molecule has 0 saturated heterocycles. The van der Waals surface area contributed by atoms with Crippen molar-refractivity contribution in [3.8, 4) is 0 Å². The Hall–Kier alpha value is -2.86. The first kappa shape index (κ1) is 18.9. The van der Waals surface area contributed by atoms with E-state index in [1.807, 2.05) is 24.3 Å². The Labute approximate surface area is 160 Å². The van der Waals surface area contributed by atoms with Crippen molar-refractivity contribution in [2.45, 2.75) is 26.0 Å². The van der Waals surface area contributed by atoms with Gasteiger partial charge in [0.05, 0.1) is 5.02 Å². The van der Waals surface area contributed by atoms with E-state index in [1.54, 1.807) is 6.20 Å². The molecule has 27 heavy (non-hydrogen) atoms. The molecule has 3 aromatic rings. The summed E-state index contributed by atoms with van der Waals surface area (Å²) in [6.07, 6.45) is 2.04. The number of nitrogens with one attached hydrogen (secondary N) is 2. The van der Waals surface area contributed by atoms with Crippen molar-refractivity contribution in [1.82, 2.24) is 10.3 Å². The highest BCUT2D eigenvalue weighted by molar-refractivity contribution is 6.31. The number of hydrogen-bond acceptors (Lipinski definition) is 3. The maximum atomic E-state index is 13.8. The highest BCUT2D eigenvalue weighted by atomic mass is 35.5. The second kappa shape index (κ2) is 8.22. The fourth-order valence-corrected chi connectivity index (χ4v) is 3.09. The van der Waals surface area contributed by atoms with Gasteiger partial charge < -0.3 is 15.0 Å². The highest BCUT2D eigenvalue weighted by Crippen LogP contribution is 2.21. The lowest BCUT2D eigenvalue weighted by molar-refractivity contribution is -0.149. The van der Waals surface area contributed by atoms with Crippen LogP contribution in [0.4, 0.5) is 4.39 Å². The summed E-state index contributed by atoms with van der Waals surface area (Å²) in [6.45, 7) is 1.01. The van der Waals surface area contributed by atoms with Crippen LogP contribution in [0.25, 0.3) is 10.9 Å². The van der Waals surface area contributed by atoms with Crippen LogP contribution in [0.1, 0.15) is 18.1 Å². The van der Waals surface area contributed by atoms with Gasteiger partial charge in [0.1, 0.15) is 18.5 Å². The summed E-state index contributed by atoms with van der Waals surface area (Å²) in [5.41, 5.74) is 1.90. The number of halogens is 2. The van der Waals surface area contributed by atoms with Crippen molar-refractivity contribution in [3.05, 3.63) is 70.6 Å². The molecular formula is C20H18ClFN2O3. The Bertz CT molecular complexity index is 966. The van der Waals surface area contributed by atoms with Crippen molar-refractivity contribution in [1.29, 1.82) is 0 Å². The summed E-state index contributed by atoms with van der Waals surface area (Å²) in [6, 6.07) is 11.0. The number of carbonyl (C=O) groups is 2. The molecule has 0 saturated carbocycles. The molecule has 5 nitrogen and oxygen atoms in total. The van der Waals surface area contributed by atoms with Crippen molar-refractivity contribution >= 4 is 34.4 Å². The van der Waals surface area contributed by atoms with E-state index in [-0.39, 0.29) is 29.5 Å². The van der Waals surface area contributed by atoms with Crippen LogP contribution in [-0.4, -0.2) is 22.9 Å². The quantitative estimate of drug-likeness (QED) is 0.632. The minimum absolute atomic E-state index is 0.0983. The van der Waals surface area contributed by atoms with E-state index in [0.29, 0.717) is 0 Å². The third-order valence-electron chi connectivity index (χ3n) is 4.18. The predicted molar refractivity (Wildman–Crippen MR) is 101 cm³/mol. The van der Waals surface area contributed by atoms with Gasteiger partial charge in [-0.1, -0.05) is 35.9 Å². The topological polar surface area (TPSA) is 71.2 Å². The summed E-state index contributed by atoms with van der Waals surface area (Å²) in [5, 5.41) is 3.73. The molecule has 0 radical (unpaired) electrons. The number of hydrogen-bond donors (Lipinski definition) is 2. The smallest absolute Gasteiger partial charge is 0.329 e. The first-order valence-corrected chi connectivity index (χ1v) is 8.75. The number of para-hydroxylation sites is 1. The molecule has 1 atom stereocenters. The van der Waals surface area contributed by atoms with Crippen LogP contribution in [0.5, 0.6) is 0 Å². The third kappa shape index (κ3) is 4.46. The molecule has 0 aliphatic carbocycles. The zero-order valence-corrected chi connectivity index (χ0v) is 15.3. The number of aromatic nitrogens is 1. The maximum absolute atomic E-state index is 13.8. The minimum atomic E-state index is -0.896. The van der Waals surface area contributed by atoms with E-state index in [1.165, 1.54) is 25.1 Å². The van der Waals surface area contributed by atoms with E-state index in [0.717, 1.165) is 16.5 Å². The van der Waals surface area contributed by atoms with Gasteiger partial charge in [0, 0.05) is 36.0 Å². The largest absolute Gasteiger partial charge is 0.459 e. The van der Waals surface area contributed by atoms with E-state index in [4.69, 9.17) is 16.3 Å². The molecule has 0 unspecified atom stereocenters. The molecule has 0 fully saturated rings. The van der Waals surface area contributed by atoms with Crippen molar-refractivity contribution in [2.24, 2.45) is 0 Å². The van der Waals surface area contributed by atoms with Crippen LogP contribution in [0.2, 0.25) is 5.02 Å². The number of fused-ring (bicyclic) bond motifs is 1. The Morgan fingerprint density at radius 3 is 2.74 bits per heavy atom. The Balaban J connectivity index is 1.76. The molecule has 7 heteroatoms. The number of rotatable bonds is 6. The third-order valence-corrected chi connectivity index (χ3v) is 4.54. The number of esters is 1. The van der Waals surface area contributed by atoms with Gasteiger partial charge in [-0.3, -0.25) is 4.79 Å². The monoisotopic (exact) mass is 388 g/mol. The standard InChI is InChI=1S/C20H18ClFN2O3/c1-12(25)24-19(9-13-10-23-18-8-3-2-5-14(13)18)20(26)27-11-15-16(21)6-4-7-17(15)22/h2-8,10,19,23H,9,11H2,1H3,(H,24,25)/t19-/m0/s1. The van der Waals surface area contributed by atoms with E-state index >= 15 is 0 Å². The number of ether oxygens (including phenoxy) is 1. The minimum Gasteiger partial charge on any atom is -0.459 e. The molecule has 1 amide bonds. The molecule has 1 aromatic heterocycles. The van der Waals surface area contributed by atoms with E-state index < -0.39 is 17.8 Å². The molecule has 1 heterocycles. The molecular weight excluding hydrogens is 371 g/mol. The molecule has 0 aliphatic heterocycles. The fourth-order valence-electron chi connectivity index (χ4n) is 2.87. The van der Waals surface area contributed by atoms with Crippen molar-refractivity contribution in [3.63, 3.8) is 0 Å². The van der Waals surface area contributed by atoms with Crippen LogP contribution in [-0.2, 0) is 27.4 Å². The fraction of sp³-hybridized carbons (Fsp3) is 0.200. The van der Waals surface area contributed by atoms with Crippen LogP contribution in [0, 0.1) is 5.82 Å². The Kier molecular flexibility index (Phi) is 5.76. The predicted octanol–water partition coefficient (Wildman–Crippen LogP) is 3.75. The number of benzene rings is 2. The van der Waals surface area contributed by atoms with E-state index in [9.17, 15) is 14.0 Å². The molecule has 140 valence electrons. The second-order valence-electron chi connectivity index (χ2n) is 6.12. The number of H-pyrrole nitrogens is 1. The van der Waals surface area contributed by atoms with Gasteiger partial charge in [-0.25, -0.2) is 9.18 Å². The van der Waals surface area contributed by atoms with Crippen molar-refractivity contribution in [2.75, 3.05) is 0 Å². The van der Waals surface area contributed by atoms with Gasteiger partial charge in [0.25, 0.3) is 0 Å². The lowest BCUT2D eigenvalue weighted by Gasteiger charge is -2.17. The number of amides is 1. The molecule has 2 aromatic carbocycles. The van der Waals surface area contributed by atoms with Crippen LogP contribution in [0.15, 0.2) is 48.7 Å². The molecule has 0 aliphatic rings. The zero-order valence-electron chi connectivity index (χ0n) is 14.6. The SMILES string of the molecule is CC(=O)N[C@@H](Cc1c[nH]c2ccccc12)C(=O)OCc1c(F)cccc1Cl. The second-order valence-corrected chi connectivity index (χ2v) is 6.53. The Morgan fingerprint density at radius 2 is 2.00 bits per heavy atom. The van der Waals surface area contributed by atoms with E-state index in [2.05, 4.69) is 10.3 Å². The van der Waals surface area contributed by atoms with Crippen LogP contribution >= 0.6 is 11.6 Å². The molecule has 0 bridgehead atoms. The zero-order chi connectivity index (χ0) is 19.4. The average molecular weight is 389 g/mol. The molecule has 3 rings (SSSR count). The van der Waals surface area contributed by atoms with Gasteiger partial charge >= 0.3 is 5.97 Å². The molecule has 0 spiro atoms. The van der Waals surface area contributed by atoms with Gasteiger partial charge in [-0.05, 0) is 23.8 Å². The number of aromatic amines is 1.